The highest BCUT2D eigenvalue weighted by atomic mass is 16.1. The van der Waals surface area contributed by atoms with Crippen LogP contribution in [0.25, 0.3) is 0 Å². The van der Waals surface area contributed by atoms with Crippen molar-refractivity contribution in [2.75, 3.05) is 0 Å². The average molecular weight is 104 g/mol. The molecule has 0 fully saturated rings. The standard InChI is InChI=1S/C4H6O2.H2O/c5-3-1-2-4-6;/h3-4H,1-2H2;1H2. The van der Waals surface area contributed by atoms with Crippen LogP contribution in [0, 0.1) is 0 Å². The third kappa shape index (κ3) is 10.9. The van der Waals surface area contributed by atoms with Crippen LogP contribution in [0.5, 0.6) is 0 Å². The normalized spacial score (nSPS) is 6.29. The first-order chi connectivity index (χ1) is 2.91. The first-order valence-corrected chi connectivity index (χ1v) is 1.79. The fourth-order valence-electron chi connectivity index (χ4n) is 0.136. The van der Waals surface area contributed by atoms with Crippen molar-refractivity contribution in [2.24, 2.45) is 0 Å². The van der Waals surface area contributed by atoms with E-state index in [9.17, 15) is 9.59 Å². The van der Waals surface area contributed by atoms with Crippen LogP contribution in [0.4, 0.5) is 0 Å². The van der Waals surface area contributed by atoms with Crippen molar-refractivity contribution in [3.05, 3.63) is 0 Å². The van der Waals surface area contributed by atoms with Crippen molar-refractivity contribution in [3.8, 4) is 0 Å². The Bertz CT molecular complexity index is 42.9. The molecule has 3 heteroatoms. The fourth-order valence-corrected chi connectivity index (χ4v) is 0.136. The molecule has 0 radical (unpaired) electrons. The third-order valence-corrected chi connectivity index (χ3v) is 0.402. The first kappa shape index (κ1) is 9.57. The molecule has 0 aromatic heterocycles. The zero-order valence-corrected chi connectivity index (χ0v) is 3.89. The van der Waals surface area contributed by atoms with Crippen LogP contribution in [0.1, 0.15) is 12.8 Å². The summed E-state index contributed by atoms with van der Waals surface area (Å²) < 4.78 is 0. The molecule has 0 atom stereocenters. The number of carbonyl (C=O) groups is 2. The summed E-state index contributed by atoms with van der Waals surface area (Å²) in [7, 11) is 0. The monoisotopic (exact) mass is 104 g/mol. The summed E-state index contributed by atoms with van der Waals surface area (Å²) in [6, 6.07) is 0. The van der Waals surface area contributed by atoms with Gasteiger partial charge in [-0.05, 0) is 0 Å². The van der Waals surface area contributed by atoms with Gasteiger partial charge in [0.25, 0.3) is 0 Å². The van der Waals surface area contributed by atoms with Crippen LogP contribution in [0.2, 0.25) is 0 Å². The smallest absolute Gasteiger partial charge is 0.120 e. The Balaban J connectivity index is 0. The molecule has 2 N–H and O–H groups in total. The first-order valence-electron chi connectivity index (χ1n) is 1.79. The van der Waals surface area contributed by atoms with Crippen LogP contribution in [-0.4, -0.2) is 18.0 Å². The lowest BCUT2D eigenvalue weighted by Crippen LogP contribution is -1.73. The van der Waals surface area contributed by atoms with Gasteiger partial charge in [0.2, 0.25) is 0 Å². The Kier molecular flexibility index (Phi) is 12.3. The van der Waals surface area contributed by atoms with Crippen LogP contribution in [-0.2, 0) is 9.59 Å². The van der Waals surface area contributed by atoms with Gasteiger partial charge in [0, 0.05) is 12.8 Å². The molecule has 0 aliphatic heterocycles. The molecule has 0 spiro atoms. The molecule has 0 saturated heterocycles. The number of hydrogen-bond donors (Lipinski definition) is 0. The maximum absolute atomic E-state index is 9.40. The molecule has 0 bridgehead atoms. The van der Waals surface area contributed by atoms with E-state index in [-0.39, 0.29) is 5.48 Å². The van der Waals surface area contributed by atoms with E-state index in [2.05, 4.69) is 0 Å². The van der Waals surface area contributed by atoms with Gasteiger partial charge in [-0.15, -0.1) is 0 Å². The van der Waals surface area contributed by atoms with Gasteiger partial charge >= 0.3 is 0 Å². The highest BCUT2D eigenvalue weighted by molar-refractivity contribution is 5.58. The second kappa shape index (κ2) is 9.00. The van der Waals surface area contributed by atoms with Crippen LogP contribution in [0.3, 0.4) is 0 Å². The lowest BCUT2D eigenvalue weighted by molar-refractivity contribution is -0.112. The minimum absolute atomic E-state index is 0. The van der Waals surface area contributed by atoms with Crippen LogP contribution < -0.4 is 0 Å². The molecule has 0 heterocycles. The van der Waals surface area contributed by atoms with Gasteiger partial charge in [-0.2, -0.15) is 0 Å². The summed E-state index contributed by atoms with van der Waals surface area (Å²) in [5.74, 6) is 0. The fraction of sp³-hybridized carbons (Fsp3) is 0.500. The van der Waals surface area contributed by atoms with Crippen molar-refractivity contribution in [1.82, 2.24) is 0 Å². The van der Waals surface area contributed by atoms with Crippen molar-refractivity contribution in [2.45, 2.75) is 12.8 Å². The molecule has 0 unspecified atom stereocenters. The largest absolute Gasteiger partial charge is 0.412 e. The number of unbranched alkanes of at least 4 members (excludes halogenated alkanes) is 1. The molecule has 0 rings (SSSR count). The second-order valence-corrected chi connectivity index (χ2v) is 0.911. The van der Waals surface area contributed by atoms with Crippen LogP contribution in [0.15, 0.2) is 0 Å². The van der Waals surface area contributed by atoms with E-state index >= 15 is 0 Å². The van der Waals surface area contributed by atoms with E-state index in [1.807, 2.05) is 0 Å². The van der Waals surface area contributed by atoms with E-state index in [1.54, 1.807) is 0 Å². The molecule has 0 aromatic rings. The lowest BCUT2D eigenvalue weighted by Gasteiger charge is -1.68. The molecule has 42 valence electrons. The van der Waals surface area contributed by atoms with E-state index in [1.165, 1.54) is 0 Å². The zero-order valence-electron chi connectivity index (χ0n) is 3.89. The molecule has 0 aliphatic rings. The summed E-state index contributed by atoms with van der Waals surface area (Å²) in [5, 5.41) is 0. The van der Waals surface area contributed by atoms with Gasteiger partial charge in [-0.1, -0.05) is 0 Å². The highest BCUT2D eigenvalue weighted by Crippen LogP contribution is 1.72. The summed E-state index contributed by atoms with van der Waals surface area (Å²) in [4.78, 5) is 18.8. The van der Waals surface area contributed by atoms with E-state index in [4.69, 9.17) is 0 Å². The Morgan fingerprint density at radius 2 is 1.29 bits per heavy atom. The van der Waals surface area contributed by atoms with E-state index in [0.717, 1.165) is 12.6 Å². The Labute approximate surface area is 41.6 Å². The maximum Gasteiger partial charge on any atom is 0.120 e. The van der Waals surface area contributed by atoms with Crippen molar-refractivity contribution in [3.63, 3.8) is 0 Å². The zero-order chi connectivity index (χ0) is 4.83. The summed E-state index contributed by atoms with van der Waals surface area (Å²) in [5.41, 5.74) is 0. The number of carbonyl (C=O) groups excluding carboxylic acids is 2. The molecule has 0 aliphatic carbocycles. The van der Waals surface area contributed by atoms with Gasteiger partial charge in [0.15, 0.2) is 0 Å². The topological polar surface area (TPSA) is 65.6 Å². The second-order valence-electron chi connectivity index (χ2n) is 0.911. The van der Waals surface area contributed by atoms with Gasteiger partial charge in [-0.25, -0.2) is 0 Å². The van der Waals surface area contributed by atoms with Crippen molar-refractivity contribution < 1.29 is 15.1 Å². The average Bonchev–Trinajstić information content (AvgIpc) is 1.61. The van der Waals surface area contributed by atoms with Crippen molar-refractivity contribution in [1.29, 1.82) is 0 Å². The number of rotatable bonds is 3. The Hall–Kier alpha value is -0.700. The summed E-state index contributed by atoms with van der Waals surface area (Å²) in [6.07, 6.45) is 2.19. The van der Waals surface area contributed by atoms with E-state index in [0.29, 0.717) is 12.8 Å². The van der Waals surface area contributed by atoms with Gasteiger partial charge in [-0.3, -0.25) is 0 Å². The molecular formula is C4H8O3. The van der Waals surface area contributed by atoms with Gasteiger partial charge < -0.3 is 15.1 Å². The number of aldehydes is 2. The minimum Gasteiger partial charge on any atom is -0.412 e. The lowest BCUT2D eigenvalue weighted by atomic mass is 10.4. The molecular weight excluding hydrogens is 96.0 g/mol. The van der Waals surface area contributed by atoms with Crippen LogP contribution >= 0.6 is 0 Å². The molecule has 7 heavy (non-hydrogen) atoms. The predicted octanol–water partition coefficient (Wildman–Crippen LogP) is -0.660. The molecule has 3 nitrogen and oxygen atoms in total. The van der Waals surface area contributed by atoms with E-state index < -0.39 is 0 Å². The summed E-state index contributed by atoms with van der Waals surface area (Å²) in [6.45, 7) is 0. The quantitative estimate of drug-likeness (QED) is 0.352. The molecule has 0 saturated carbocycles. The minimum atomic E-state index is 0. The third-order valence-electron chi connectivity index (χ3n) is 0.402. The summed E-state index contributed by atoms with van der Waals surface area (Å²) >= 11 is 0. The van der Waals surface area contributed by atoms with Crippen molar-refractivity contribution >= 4 is 12.6 Å². The number of hydrogen-bond acceptors (Lipinski definition) is 2. The maximum atomic E-state index is 9.40. The predicted molar refractivity (Wildman–Crippen MR) is 25.0 cm³/mol. The Morgan fingerprint density at radius 1 is 1.00 bits per heavy atom. The SMILES string of the molecule is O.O=CCCC=O. The van der Waals surface area contributed by atoms with Gasteiger partial charge in [0.1, 0.15) is 12.6 Å². The molecule has 0 aromatic carbocycles. The molecule has 0 amide bonds. The van der Waals surface area contributed by atoms with Gasteiger partial charge in [0.05, 0.1) is 0 Å². The Morgan fingerprint density at radius 3 is 1.43 bits per heavy atom. The highest BCUT2D eigenvalue weighted by Gasteiger charge is 1.74.